The number of para-hydroxylation sites is 1. The third-order valence-corrected chi connectivity index (χ3v) is 3.36. The Labute approximate surface area is 110 Å². The van der Waals surface area contributed by atoms with Crippen LogP contribution in [0.5, 0.6) is 0 Å². The van der Waals surface area contributed by atoms with Crippen LogP contribution in [0.1, 0.15) is 0 Å². The standard InChI is InChI=1S/C13H15N5O/c1-17-6-7-18(8-11(17)19)12-9-4-2-3-5-10(9)15-13(14)16-12/h2-5H,6-8H2,1H3,(H2,14,15,16). The van der Waals surface area contributed by atoms with Crippen LogP contribution < -0.4 is 10.6 Å². The number of piperazine rings is 1. The summed E-state index contributed by atoms with van der Waals surface area (Å²) in [5, 5.41) is 0.925. The molecule has 6 heteroatoms. The van der Waals surface area contributed by atoms with Gasteiger partial charge in [-0.25, -0.2) is 4.98 Å². The summed E-state index contributed by atoms with van der Waals surface area (Å²) >= 11 is 0. The van der Waals surface area contributed by atoms with E-state index in [2.05, 4.69) is 9.97 Å². The number of nitrogen functional groups attached to an aromatic ring is 1. The van der Waals surface area contributed by atoms with E-state index in [0.29, 0.717) is 13.1 Å². The van der Waals surface area contributed by atoms with Crippen molar-refractivity contribution in [3.05, 3.63) is 24.3 Å². The molecule has 1 saturated heterocycles. The number of likely N-dealkylation sites (N-methyl/N-ethyl adjacent to an activating group) is 1. The summed E-state index contributed by atoms with van der Waals surface area (Å²) in [4.78, 5) is 24.0. The van der Waals surface area contributed by atoms with Gasteiger partial charge in [-0.15, -0.1) is 0 Å². The molecule has 6 nitrogen and oxygen atoms in total. The Morgan fingerprint density at radius 3 is 2.79 bits per heavy atom. The predicted octanol–water partition coefficient (Wildman–Crippen LogP) is 0.490. The monoisotopic (exact) mass is 257 g/mol. The van der Waals surface area contributed by atoms with E-state index in [4.69, 9.17) is 5.73 Å². The summed E-state index contributed by atoms with van der Waals surface area (Å²) in [5.41, 5.74) is 6.55. The van der Waals surface area contributed by atoms with E-state index in [9.17, 15) is 4.79 Å². The van der Waals surface area contributed by atoms with E-state index in [-0.39, 0.29) is 11.9 Å². The summed E-state index contributed by atoms with van der Waals surface area (Å²) in [7, 11) is 1.81. The van der Waals surface area contributed by atoms with Gasteiger partial charge in [0, 0.05) is 25.5 Å². The average Bonchev–Trinajstić information content (AvgIpc) is 2.41. The van der Waals surface area contributed by atoms with Crippen molar-refractivity contribution in [1.82, 2.24) is 14.9 Å². The van der Waals surface area contributed by atoms with E-state index in [1.54, 1.807) is 4.90 Å². The Morgan fingerprint density at radius 2 is 2.00 bits per heavy atom. The van der Waals surface area contributed by atoms with Crippen molar-refractivity contribution >= 4 is 28.6 Å². The molecule has 1 fully saturated rings. The first-order chi connectivity index (χ1) is 9.15. The first-order valence-electron chi connectivity index (χ1n) is 6.16. The van der Waals surface area contributed by atoms with Gasteiger partial charge in [0.2, 0.25) is 11.9 Å². The normalized spacial score (nSPS) is 16.2. The van der Waals surface area contributed by atoms with Gasteiger partial charge < -0.3 is 15.5 Å². The number of hydrogen-bond acceptors (Lipinski definition) is 5. The molecule has 3 rings (SSSR count). The molecule has 98 valence electrons. The van der Waals surface area contributed by atoms with Crippen LogP contribution in [0, 0.1) is 0 Å². The molecule has 19 heavy (non-hydrogen) atoms. The molecular weight excluding hydrogens is 242 g/mol. The number of rotatable bonds is 1. The molecule has 0 bridgehead atoms. The maximum absolute atomic E-state index is 11.8. The van der Waals surface area contributed by atoms with Gasteiger partial charge in [0.1, 0.15) is 5.82 Å². The van der Waals surface area contributed by atoms with Crippen LogP contribution in [0.15, 0.2) is 24.3 Å². The van der Waals surface area contributed by atoms with Crippen molar-refractivity contribution in [2.24, 2.45) is 0 Å². The second-order valence-corrected chi connectivity index (χ2v) is 4.66. The van der Waals surface area contributed by atoms with Crippen LogP contribution in [-0.4, -0.2) is 47.5 Å². The predicted molar refractivity (Wildman–Crippen MR) is 73.8 cm³/mol. The average molecular weight is 257 g/mol. The van der Waals surface area contributed by atoms with E-state index >= 15 is 0 Å². The van der Waals surface area contributed by atoms with Gasteiger partial charge in [0.15, 0.2) is 0 Å². The third-order valence-electron chi connectivity index (χ3n) is 3.36. The number of hydrogen-bond donors (Lipinski definition) is 1. The fourth-order valence-electron chi connectivity index (χ4n) is 2.26. The first kappa shape index (κ1) is 11.7. The van der Waals surface area contributed by atoms with Crippen LogP contribution in [0.4, 0.5) is 11.8 Å². The Morgan fingerprint density at radius 1 is 1.21 bits per heavy atom. The van der Waals surface area contributed by atoms with E-state index in [1.807, 2.05) is 36.2 Å². The molecule has 2 N–H and O–H groups in total. The van der Waals surface area contributed by atoms with E-state index in [0.717, 1.165) is 23.3 Å². The second-order valence-electron chi connectivity index (χ2n) is 4.66. The quantitative estimate of drug-likeness (QED) is 0.804. The highest BCUT2D eigenvalue weighted by atomic mass is 16.2. The summed E-state index contributed by atoms with van der Waals surface area (Å²) < 4.78 is 0. The van der Waals surface area contributed by atoms with Crippen LogP contribution in [0.3, 0.4) is 0 Å². The minimum absolute atomic E-state index is 0.0903. The van der Waals surface area contributed by atoms with Crippen molar-refractivity contribution in [3.8, 4) is 0 Å². The van der Waals surface area contributed by atoms with E-state index in [1.165, 1.54) is 0 Å². The van der Waals surface area contributed by atoms with Crippen molar-refractivity contribution in [1.29, 1.82) is 0 Å². The molecule has 0 atom stereocenters. The maximum Gasteiger partial charge on any atom is 0.241 e. The van der Waals surface area contributed by atoms with Gasteiger partial charge in [0.05, 0.1) is 12.1 Å². The molecule has 1 aliphatic heterocycles. The van der Waals surface area contributed by atoms with Gasteiger partial charge in [-0.3, -0.25) is 4.79 Å². The summed E-state index contributed by atoms with van der Waals surface area (Å²) in [5.74, 6) is 1.07. The summed E-state index contributed by atoms with van der Waals surface area (Å²) in [6.07, 6.45) is 0. The lowest BCUT2D eigenvalue weighted by molar-refractivity contribution is -0.129. The summed E-state index contributed by atoms with van der Waals surface area (Å²) in [6.45, 7) is 1.77. The third kappa shape index (κ3) is 2.05. The SMILES string of the molecule is CN1CCN(c2nc(N)nc3ccccc23)CC1=O. The number of benzene rings is 1. The molecule has 0 saturated carbocycles. The Balaban J connectivity index is 2.07. The molecular formula is C13H15N5O. The molecule has 2 aromatic rings. The number of nitrogens with two attached hydrogens (primary N) is 1. The highest BCUT2D eigenvalue weighted by Crippen LogP contribution is 2.25. The Kier molecular flexibility index (Phi) is 2.70. The second kappa shape index (κ2) is 4.38. The fourth-order valence-corrected chi connectivity index (χ4v) is 2.26. The Bertz CT molecular complexity index is 642. The topological polar surface area (TPSA) is 75.3 Å². The van der Waals surface area contributed by atoms with Crippen molar-refractivity contribution in [2.45, 2.75) is 0 Å². The Hall–Kier alpha value is -2.37. The van der Waals surface area contributed by atoms with Crippen molar-refractivity contribution < 1.29 is 4.79 Å². The highest BCUT2D eigenvalue weighted by molar-refractivity contribution is 5.92. The number of amides is 1. The van der Waals surface area contributed by atoms with Gasteiger partial charge in [-0.05, 0) is 12.1 Å². The van der Waals surface area contributed by atoms with Crippen LogP contribution in [0.2, 0.25) is 0 Å². The van der Waals surface area contributed by atoms with Crippen molar-refractivity contribution in [3.63, 3.8) is 0 Å². The number of fused-ring (bicyclic) bond motifs is 1. The van der Waals surface area contributed by atoms with Crippen LogP contribution in [0.25, 0.3) is 10.9 Å². The fraction of sp³-hybridized carbons (Fsp3) is 0.308. The molecule has 1 aromatic heterocycles. The van der Waals surface area contributed by atoms with Gasteiger partial charge in [0.25, 0.3) is 0 Å². The molecule has 0 radical (unpaired) electrons. The van der Waals surface area contributed by atoms with Gasteiger partial charge in [-0.1, -0.05) is 12.1 Å². The molecule has 1 amide bonds. The first-order valence-corrected chi connectivity index (χ1v) is 6.16. The molecule has 1 aromatic carbocycles. The zero-order valence-electron chi connectivity index (χ0n) is 10.7. The van der Waals surface area contributed by atoms with Crippen LogP contribution >= 0.6 is 0 Å². The zero-order chi connectivity index (χ0) is 13.4. The largest absolute Gasteiger partial charge is 0.368 e. The number of anilines is 2. The molecule has 0 unspecified atom stereocenters. The maximum atomic E-state index is 11.8. The zero-order valence-corrected chi connectivity index (χ0v) is 10.7. The molecule has 2 heterocycles. The minimum Gasteiger partial charge on any atom is -0.368 e. The van der Waals surface area contributed by atoms with Crippen LogP contribution in [-0.2, 0) is 4.79 Å². The molecule has 0 spiro atoms. The molecule has 1 aliphatic rings. The lowest BCUT2D eigenvalue weighted by Gasteiger charge is -2.33. The number of aromatic nitrogens is 2. The highest BCUT2D eigenvalue weighted by Gasteiger charge is 2.23. The minimum atomic E-state index is 0.0903. The van der Waals surface area contributed by atoms with Gasteiger partial charge >= 0.3 is 0 Å². The summed E-state index contributed by atoms with van der Waals surface area (Å²) in [6, 6.07) is 7.69. The van der Waals surface area contributed by atoms with E-state index < -0.39 is 0 Å². The lowest BCUT2D eigenvalue weighted by atomic mass is 10.2. The van der Waals surface area contributed by atoms with Gasteiger partial charge in [-0.2, -0.15) is 4.98 Å². The number of carbonyl (C=O) groups excluding carboxylic acids is 1. The number of nitrogens with zero attached hydrogens (tertiary/aromatic N) is 4. The number of carbonyl (C=O) groups is 1. The van der Waals surface area contributed by atoms with Crippen molar-refractivity contribution in [2.75, 3.05) is 37.3 Å². The smallest absolute Gasteiger partial charge is 0.241 e. The lowest BCUT2D eigenvalue weighted by Crippen LogP contribution is -2.49. The molecule has 0 aliphatic carbocycles.